The Morgan fingerprint density at radius 3 is 2.00 bits per heavy atom. The van der Waals surface area contributed by atoms with E-state index < -0.39 is 6.10 Å². The Labute approximate surface area is 72.5 Å². The fourth-order valence-corrected chi connectivity index (χ4v) is 1.13. The number of rotatable bonds is 7. The van der Waals surface area contributed by atoms with Crippen molar-refractivity contribution in [2.75, 3.05) is 19.8 Å². The van der Waals surface area contributed by atoms with Crippen molar-refractivity contribution in [3.8, 4) is 0 Å². The van der Waals surface area contributed by atoms with Crippen molar-refractivity contribution in [2.45, 2.75) is 25.4 Å². The zero-order valence-electron chi connectivity index (χ0n) is 7.19. The second-order valence-corrected chi connectivity index (χ2v) is 2.89. The zero-order valence-corrected chi connectivity index (χ0v) is 7.19. The van der Waals surface area contributed by atoms with E-state index in [9.17, 15) is 5.11 Å². The molecule has 4 nitrogen and oxygen atoms in total. The van der Waals surface area contributed by atoms with Gasteiger partial charge in [-0.05, 0) is 19.3 Å². The van der Waals surface area contributed by atoms with Crippen molar-refractivity contribution in [1.82, 2.24) is 0 Å². The third-order valence-electron chi connectivity index (χ3n) is 1.94. The fourth-order valence-electron chi connectivity index (χ4n) is 1.13. The third kappa shape index (κ3) is 4.66. The summed E-state index contributed by atoms with van der Waals surface area (Å²) in [5.41, 5.74) is 0. The average Bonchev–Trinajstić information content (AvgIpc) is 2.06. The summed E-state index contributed by atoms with van der Waals surface area (Å²) in [6.07, 6.45) is 0.796. The molecule has 74 valence electrons. The number of aliphatic hydroxyl groups excluding tert-OH is 4. The van der Waals surface area contributed by atoms with Crippen molar-refractivity contribution < 1.29 is 20.4 Å². The smallest absolute Gasteiger partial charge is 0.0612 e. The molecule has 2 unspecified atom stereocenters. The molecule has 12 heavy (non-hydrogen) atoms. The van der Waals surface area contributed by atoms with E-state index in [-0.39, 0.29) is 32.2 Å². The van der Waals surface area contributed by atoms with Crippen molar-refractivity contribution in [3.05, 3.63) is 0 Å². The lowest BCUT2D eigenvalue weighted by Crippen LogP contribution is -2.25. The van der Waals surface area contributed by atoms with Gasteiger partial charge in [-0.1, -0.05) is 0 Å². The Hall–Kier alpha value is -0.160. The lowest BCUT2D eigenvalue weighted by molar-refractivity contribution is 0.0404. The van der Waals surface area contributed by atoms with E-state index in [0.29, 0.717) is 12.8 Å². The molecule has 4 heteroatoms. The summed E-state index contributed by atoms with van der Waals surface area (Å²) in [6, 6.07) is 0. The first-order chi connectivity index (χ1) is 5.76. The molecule has 0 radical (unpaired) electrons. The van der Waals surface area contributed by atoms with Gasteiger partial charge in [-0.3, -0.25) is 0 Å². The van der Waals surface area contributed by atoms with Gasteiger partial charge >= 0.3 is 0 Å². The Kier molecular flexibility index (Phi) is 7.39. The molecule has 0 aliphatic rings. The van der Waals surface area contributed by atoms with Gasteiger partial charge < -0.3 is 20.4 Å². The first-order valence-electron chi connectivity index (χ1n) is 4.26. The van der Waals surface area contributed by atoms with Gasteiger partial charge in [-0.2, -0.15) is 0 Å². The summed E-state index contributed by atoms with van der Waals surface area (Å²) >= 11 is 0. The number of aliphatic hydroxyl groups is 4. The third-order valence-corrected chi connectivity index (χ3v) is 1.94. The Bertz CT molecular complexity index is 97.1. The monoisotopic (exact) mass is 178 g/mol. The SMILES string of the molecule is OCCCC(CO)C(O)CCO. The first kappa shape index (κ1) is 11.8. The molecule has 0 saturated carbocycles. The predicted molar refractivity (Wildman–Crippen MR) is 44.6 cm³/mol. The summed E-state index contributed by atoms with van der Waals surface area (Å²) in [4.78, 5) is 0. The van der Waals surface area contributed by atoms with E-state index in [1.807, 2.05) is 0 Å². The normalized spacial score (nSPS) is 16.0. The van der Waals surface area contributed by atoms with E-state index in [1.54, 1.807) is 0 Å². The molecular formula is C8H18O4. The molecule has 0 spiro atoms. The van der Waals surface area contributed by atoms with Gasteiger partial charge in [0.1, 0.15) is 0 Å². The summed E-state index contributed by atoms with van der Waals surface area (Å²) in [7, 11) is 0. The second-order valence-electron chi connectivity index (χ2n) is 2.89. The molecule has 0 bridgehead atoms. The fraction of sp³-hybridized carbons (Fsp3) is 1.00. The summed E-state index contributed by atoms with van der Waals surface area (Å²) in [5.74, 6) is -0.218. The van der Waals surface area contributed by atoms with Crippen LogP contribution in [0.2, 0.25) is 0 Å². The minimum absolute atomic E-state index is 0.0718. The highest BCUT2D eigenvalue weighted by atomic mass is 16.3. The van der Waals surface area contributed by atoms with Gasteiger partial charge in [0.15, 0.2) is 0 Å². The lowest BCUT2D eigenvalue weighted by Gasteiger charge is -2.19. The summed E-state index contributed by atoms with van der Waals surface area (Å²) < 4.78 is 0. The maximum atomic E-state index is 9.33. The van der Waals surface area contributed by atoms with Crippen LogP contribution in [0.3, 0.4) is 0 Å². The lowest BCUT2D eigenvalue weighted by atomic mass is 9.96. The quantitative estimate of drug-likeness (QED) is 0.408. The van der Waals surface area contributed by atoms with Crippen molar-refractivity contribution in [2.24, 2.45) is 5.92 Å². The van der Waals surface area contributed by atoms with Crippen LogP contribution in [0, 0.1) is 5.92 Å². The molecule has 0 aromatic carbocycles. The number of hydrogen-bond donors (Lipinski definition) is 4. The summed E-state index contributed by atoms with van der Waals surface area (Å²) in [6.45, 7) is -0.0969. The second kappa shape index (κ2) is 7.49. The highest BCUT2D eigenvalue weighted by Gasteiger charge is 2.16. The van der Waals surface area contributed by atoms with E-state index in [0.717, 1.165) is 0 Å². The number of hydrogen-bond acceptors (Lipinski definition) is 4. The van der Waals surface area contributed by atoms with Crippen LogP contribution in [0.15, 0.2) is 0 Å². The van der Waals surface area contributed by atoms with E-state index >= 15 is 0 Å². The van der Waals surface area contributed by atoms with Crippen LogP contribution in [0.4, 0.5) is 0 Å². The molecule has 0 aromatic heterocycles. The van der Waals surface area contributed by atoms with Gasteiger partial charge in [0, 0.05) is 25.7 Å². The molecule has 0 rings (SSSR count). The van der Waals surface area contributed by atoms with Crippen molar-refractivity contribution in [3.63, 3.8) is 0 Å². The standard InChI is InChI=1S/C8H18O4/c9-4-1-2-7(6-11)8(12)3-5-10/h7-12H,1-6H2. The van der Waals surface area contributed by atoms with Crippen LogP contribution in [-0.4, -0.2) is 46.4 Å². The van der Waals surface area contributed by atoms with Crippen LogP contribution in [0.1, 0.15) is 19.3 Å². The molecular weight excluding hydrogens is 160 g/mol. The maximum Gasteiger partial charge on any atom is 0.0612 e. The van der Waals surface area contributed by atoms with E-state index in [1.165, 1.54) is 0 Å². The van der Waals surface area contributed by atoms with Crippen LogP contribution < -0.4 is 0 Å². The maximum absolute atomic E-state index is 9.33. The molecule has 4 N–H and O–H groups in total. The minimum Gasteiger partial charge on any atom is -0.396 e. The molecule has 2 atom stereocenters. The van der Waals surface area contributed by atoms with Gasteiger partial charge in [0.2, 0.25) is 0 Å². The Balaban J connectivity index is 3.62. The van der Waals surface area contributed by atoms with E-state index in [4.69, 9.17) is 15.3 Å². The average molecular weight is 178 g/mol. The van der Waals surface area contributed by atoms with Crippen LogP contribution >= 0.6 is 0 Å². The van der Waals surface area contributed by atoms with Gasteiger partial charge in [-0.25, -0.2) is 0 Å². The Morgan fingerprint density at radius 2 is 1.58 bits per heavy atom. The molecule has 0 heterocycles. The van der Waals surface area contributed by atoms with E-state index in [2.05, 4.69) is 0 Å². The summed E-state index contributed by atoms with van der Waals surface area (Å²) in [5, 5.41) is 35.2. The topological polar surface area (TPSA) is 80.9 Å². The van der Waals surface area contributed by atoms with Crippen LogP contribution in [0.25, 0.3) is 0 Å². The molecule has 0 amide bonds. The zero-order chi connectivity index (χ0) is 9.40. The highest BCUT2D eigenvalue weighted by molar-refractivity contribution is 4.67. The van der Waals surface area contributed by atoms with Crippen molar-refractivity contribution in [1.29, 1.82) is 0 Å². The largest absolute Gasteiger partial charge is 0.396 e. The predicted octanol–water partition coefficient (Wildman–Crippen LogP) is -0.889. The van der Waals surface area contributed by atoms with Gasteiger partial charge in [0.05, 0.1) is 6.10 Å². The van der Waals surface area contributed by atoms with Crippen molar-refractivity contribution >= 4 is 0 Å². The molecule has 0 aromatic rings. The minimum atomic E-state index is -0.661. The molecule has 0 saturated heterocycles. The van der Waals surface area contributed by atoms with Gasteiger partial charge in [-0.15, -0.1) is 0 Å². The highest BCUT2D eigenvalue weighted by Crippen LogP contribution is 2.13. The molecule has 0 fully saturated rings. The first-order valence-corrected chi connectivity index (χ1v) is 4.26. The van der Waals surface area contributed by atoms with Crippen LogP contribution in [0.5, 0.6) is 0 Å². The molecule has 0 aliphatic heterocycles. The molecule has 0 aliphatic carbocycles. The Morgan fingerprint density at radius 1 is 0.917 bits per heavy atom. The van der Waals surface area contributed by atoms with Crippen LogP contribution in [-0.2, 0) is 0 Å². The van der Waals surface area contributed by atoms with Gasteiger partial charge in [0.25, 0.3) is 0 Å².